The molecule has 30 heavy (non-hydrogen) atoms. The van der Waals surface area contributed by atoms with Crippen molar-refractivity contribution in [3.05, 3.63) is 46.2 Å². The average Bonchev–Trinajstić information content (AvgIpc) is 2.67. The number of hydrogen-bond donors (Lipinski definition) is 2. The average molecular weight is 454 g/mol. The quantitative estimate of drug-likeness (QED) is 0.268. The molecular formula is C23H37Cl2N5. The lowest BCUT2D eigenvalue weighted by molar-refractivity contribution is 0.0766. The first kappa shape index (κ1) is 25.0. The highest BCUT2D eigenvalue weighted by Crippen LogP contribution is 2.32. The van der Waals surface area contributed by atoms with Crippen LogP contribution < -0.4 is 11.2 Å². The first-order valence-corrected chi connectivity index (χ1v) is 11.7. The van der Waals surface area contributed by atoms with Gasteiger partial charge in [-0.1, -0.05) is 56.1 Å². The SMILES string of the molecule is C=C(/N=C(\C)N(N)C(C)c1ccc(Cl)cc1Cl)N1CC(C2CCCNC2)C1.CCC. The van der Waals surface area contributed by atoms with Crippen molar-refractivity contribution >= 4 is 29.0 Å². The first-order valence-electron chi connectivity index (χ1n) is 11.0. The second-order valence-corrected chi connectivity index (χ2v) is 9.15. The third-order valence-electron chi connectivity index (χ3n) is 5.77. The second-order valence-electron chi connectivity index (χ2n) is 8.30. The Morgan fingerprint density at radius 2 is 2.00 bits per heavy atom. The third kappa shape index (κ3) is 6.61. The van der Waals surface area contributed by atoms with E-state index in [2.05, 4.69) is 35.6 Å². The van der Waals surface area contributed by atoms with E-state index < -0.39 is 0 Å². The Hall–Kier alpha value is -1.27. The third-order valence-corrected chi connectivity index (χ3v) is 6.33. The Balaban J connectivity index is 0.00000101. The number of nitrogens with one attached hydrogen (secondary N) is 1. The highest BCUT2D eigenvalue weighted by Gasteiger charge is 2.34. The summed E-state index contributed by atoms with van der Waals surface area (Å²) in [6.07, 6.45) is 3.86. The molecule has 2 unspecified atom stereocenters. The molecule has 1 aromatic rings. The molecule has 0 aliphatic carbocycles. The predicted octanol–water partition coefficient (Wildman–Crippen LogP) is 5.47. The Morgan fingerprint density at radius 3 is 2.57 bits per heavy atom. The van der Waals surface area contributed by atoms with E-state index in [1.165, 1.54) is 19.3 Å². The molecule has 2 aliphatic rings. The summed E-state index contributed by atoms with van der Waals surface area (Å²) < 4.78 is 0. The molecule has 0 saturated carbocycles. The summed E-state index contributed by atoms with van der Waals surface area (Å²) in [6, 6.07) is 5.33. The van der Waals surface area contributed by atoms with Gasteiger partial charge in [0.05, 0.1) is 6.04 Å². The number of benzene rings is 1. The van der Waals surface area contributed by atoms with Gasteiger partial charge in [-0.3, -0.25) is 5.01 Å². The van der Waals surface area contributed by atoms with Gasteiger partial charge >= 0.3 is 0 Å². The number of nitrogens with two attached hydrogens (primary N) is 1. The zero-order valence-corrected chi connectivity index (χ0v) is 20.3. The maximum absolute atomic E-state index is 6.31. The van der Waals surface area contributed by atoms with Crippen molar-refractivity contribution in [3.8, 4) is 0 Å². The van der Waals surface area contributed by atoms with Crippen LogP contribution in [0.25, 0.3) is 0 Å². The number of piperidine rings is 1. The number of halogens is 2. The van der Waals surface area contributed by atoms with E-state index in [4.69, 9.17) is 29.0 Å². The van der Waals surface area contributed by atoms with Gasteiger partial charge in [-0.25, -0.2) is 10.8 Å². The van der Waals surface area contributed by atoms with Gasteiger partial charge in [-0.05, 0) is 69.3 Å². The van der Waals surface area contributed by atoms with E-state index in [1.54, 1.807) is 11.1 Å². The standard InChI is InChI=1S/C20H29Cl2N5.C3H8/c1-13(19-7-6-18(21)9-20(19)22)27(23)15(3)25-14(2)26-11-17(12-26)16-5-4-8-24-10-16;1-3-2/h6-7,9,13,16-17,24H,2,4-5,8,10-12,23H2,1,3H3;3H2,1-2H3/b25-15+;. The maximum atomic E-state index is 6.31. The number of likely N-dealkylation sites (tertiary alicyclic amines) is 1. The molecule has 2 atom stereocenters. The fraction of sp³-hybridized carbons (Fsp3) is 0.609. The molecular weight excluding hydrogens is 417 g/mol. The summed E-state index contributed by atoms with van der Waals surface area (Å²) in [6.45, 7) is 16.6. The van der Waals surface area contributed by atoms with Crippen LogP contribution >= 0.6 is 23.2 Å². The summed E-state index contributed by atoms with van der Waals surface area (Å²) in [4.78, 5) is 6.87. The van der Waals surface area contributed by atoms with Gasteiger partial charge in [0.15, 0.2) is 0 Å². The van der Waals surface area contributed by atoms with Crippen LogP contribution in [0.3, 0.4) is 0 Å². The highest BCUT2D eigenvalue weighted by atomic mass is 35.5. The number of amidine groups is 1. The molecule has 5 nitrogen and oxygen atoms in total. The van der Waals surface area contributed by atoms with E-state index in [0.29, 0.717) is 15.9 Å². The predicted molar refractivity (Wildman–Crippen MR) is 130 cm³/mol. The summed E-state index contributed by atoms with van der Waals surface area (Å²) in [5, 5.41) is 6.34. The van der Waals surface area contributed by atoms with Gasteiger partial charge < -0.3 is 10.2 Å². The Bertz CT molecular complexity index is 724. The number of aliphatic imine (C=N–C) groups is 1. The van der Waals surface area contributed by atoms with E-state index in [0.717, 1.165) is 49.4 Å². The number of rotatable bonds is 5. The molecule has 168 valence electrons. The zero-order valence-electron chi connectivity index (χ0n) is 18.8. The van der Waals surface area contributed by atoms with Gasteiger partial charge in [0.25, 0.3) is 0 Å². The van der Waals surface area contributed by atoms with Crippen molar-refractivity contribution in [1.29, 1.82) is 0 Å². The molecule has 0 spiro atoms. The topological polar surface area (TPSA) is 56.9 Å². The van der Waals surface area contributed by atoms with Crippen molar-refractivity contribution in [1.82, 2.24) is 15.2 Å². The molecule has 1 aromatic carbocycles. The fourth-order valence-corrected chi connectivity index (χ4v) is 4.45. The maximum Gasteiger partial charge on any atom is 0.123 e. The fourth-order valence-electron chi connectivity index (χ4n) is 3.89. The highest BCUT2D eigenvalue weighted by molar-refractivity contribution is 6.35. The largest absolute Gasteiger partial charge is 0.356 e. The van der Waals surface area contributed by atoms with Crippen molar-refractivity contribution in [2.45, 2.75) is 53.0 Å². The Labute approximate surface area is 192 Å². The molecule has 7 heteroatoms. The van der Waals surface area contributed by atoms with Crippen LogP contribution in [-0.2, 0) is 0 Å². The number of nitrogens with zero attached hydrogens (tertiary/aromatic N) is 3. The molecule has 2 aliphatic heterocycles. The first-order chi connectivity index (χ1) is 14.3. The zero-order chi connectivity index (χ0) is 22.3. The second kappa shape index (κ2) is 11.9. The Morgan fingerprint density at radius 1 is 1.33 bits per heavy atom. The number of hydrazine groups is 1. The Kier molecular flexibility index (Phi) is 9.95. The molecule has 2 heterocycles. The minimum Gasteiger partial charge on any atom is -0.356 e. The minimum atomic E-state index is -0.122. The van der Waals surface area contributed by atoms with Gasteiger partial charge in [0, 0.05) is 23.1 Å². The van der Waals surface area contributed by atoms with E-state index in [-0.39, 0.29) is 6.04 Å². The minimum absolute atomic E-state index is 0.122. The van der Waals surface area contributed by atoms with Crippen molar-refractivity contribution in [3.63, 3.8) is 0 Å². The van der Waals surface area contributed by atoms with Crippen LogP contribution in [0.2, 0.25) is 10.0 Å². The molecule has 2 fully saturated rings. The van der Waals surface area contributed by atoms with Crippen molar-refractivity contribution < 1.29 is 0 Å². The summed E-state index contributed by atoms with van der Waals surface area (Å²) in [5.74, 6) is 9.30. The molecule has 0 radical (unpaired) electrons. The normalized spacial score (nSPS) is 20.7. The summed E-state index contributed by atoms with van der Waals surface area (Å²) in [5.41, 5.74) is 0.914. The van der Waals surface area contributed by atoms with Gasteiger partial charge in [-0.15, -0.1) is 0 Å². The van der Waals surface area contributed by atoms with Crippen LogP contribution in [0, 0.1) is 11.8 Å². The molecule has 2 saturated heterocycles. The smallest absolute Gasteiger partial charge is 0.123 e. The van der Waals surface area contributed by atoms with E-state index in [9.17, 15) is 0 Å². The summed E-state index contributed by atoms with van der Waals surface area (Å²) in [7, 11) is 0. The molecule has 3 N–H and O–H groups in total. The van der Waals surface area contributed by atoms with Gasteiger partial charge in [-0.2, -0.15) is 0 Å². The lowest BCUT2D eigenvalue weighted by Crippen LogP contribution is -2.52. The van der Waals surface area contributed by atoms with Crippen LogP contribution in [-0.4, -0.2) is 41.9 Å². The van der Waals surface area contributed by atoms with Crippen LogP contribution in [0.4, 0.5) is 0 Å². The van der Waals surface area contributed by atoms with Crippen LogP contribution in [0.1, 0.15) is 58.6 Å². The molecule has 0 bridgehead atoms. The van der Waals surface area contributed by atoms with Crippen LogP contribution in [0.15, 0.2) is 35.6 Å². The van der Waals surface area contributed by atoms with Crippen LogP contribution in [0.5, 0.6) is 0 Å². The lowest BCUT2D eigenvalue weighted by Gasteiger charge is -2.46. The number of hydrogen-bond acceptors (Lipinski definition) is 4. The van der Waals surface area contributed by atoms with Gasteiger partial charge in [0.1, 0.15) is 11.7 Å². The van der Waals surface area contributed by atoms with E-state index >= 15 is 0 Å². The van der Waals surface area contributed by atoms with Crippen molar-refractivity contribution in [2.75, 3.05) is 26.2 Å². The van der Waals surface area contributed by atoms with Crippen molar-refractivity contribution in [2.24, 2.45) is 22.7 Å². The molecule has 0 aromatic heterocycles. The van der Waals surface area contributed by atoms with Gasteiger partial charge in [0.2, 0.25) is 0 Å². The lowest BCUT2D eigenvalue weighted by atomic mass is 9.81. The monoisotopic (exact) mass is 453 g/mol. The summed E-state index contributed by atoms with van der Waals surface area (Å²) >= 11 is 12.3. The molecule has 3 rings (SSSR count). The molecule has 0 amide bonds. The van der Waals surface area contributed by atoms with E-state index in [1.807, 2.05) is 26.0 Å².